The van der Waals surface area contributed by atoms with Gasteiger partial charge in [-0.1, -0.05) is 23.9 Å². The lowest BCUT2D eigenvalue weighted by molar-refractivity contribution is -0.140. The first kappa shape index (κ1) is 23.4. The second kappa shape index (κ2) is 9.71. The minimum atomic E-state index is -0.0857. The fourth-order valence-corrected chi connectivity index (χ4v) is 7.12. The number of ether oxygens (including phenoxy) is 2. The summed E-state index contributed by atoms with van der Waals surface area (Å²) in [5, 5.41) is 1.24. The topological polar surface area (TPSA) is 73.7 Å². The van der Waals surface area contributed by atoms with Crippen LogP contribution in [-0.4, -0.2) is 58.5 Å². The molecule has 34 heavy (non-hydrogen) atoms. The van der Waals surface area contributed by atoms with Crippen LogP contribution in [0.3, 0.4) is 0 Å². The van der Waals surface area contributed by atoms with Crippen molar-refractivity contribution in [2.24, 2.45) is 0 Å². The SMILES string of the molecule is COc1ccccc1-n1c(SCC(=O)N2C[C@@H](C)O[C@@H](C)C2)nc2sc3c(c2c1=O)CCCC3. The number of benzene rings is 1. The number of nitrogens with zero attached hydrogens (tertiary/aromatic N) is 3. The first-order valence-corrected chi connectivity index (χ1v) is 13.5. The van der Waals surface area contributed by atoms with E-state index in [1.807, 2.05) is 43.0 Å². The molecular weight excluding hydrogens is 470 g/mol. The number of rotatable bonds is 5. The third-order valence-corrected chi connectivity index (χ3v) is 8.49. The Hall–Kier alpha value is -2.36. The van der Waals surface area contributed by atoms with E-state index in [4.69, 9.17) is 14.5 Å². The van der Waals surface area contributed by atoms with Gasteiger partial charge in [0.1, 0.15) is 10.6 Å². The molecule has 1 saturated heterocycles. The third kappa shape index (κ3) is 4.36. The van der Waals surface area contributed by atoms with Gasteiger partial charge in [-0.3, -0.25) is 14.2 Å². The van der Waals surface area contributed by atoms with Gasteiger partial charge in [-0.25, -0.2) is 4.98 Å². The zero-order valence-electron chi connectivity index (χ0n) is 19.7. The summed E-state index contributed by atoms with van der Waals surface area (Å²) in [4.78, 5) is 35.8. The summed E-state index contributed by atoms with van der Waals surface area (Å²) in [5.41, 5.74) is 1.71. The van der Waals surface area contributed by atoms with E-state index in [-0.39, 0.29) is 29.4 Å². The maximum Gasteiger partial charge on any atom is 0.267 e. The van der Waals surface area contributed by atoms with E-state index >= 15 is 0 Å². The molecule has 180 valence electrons. The fraction of sp³-hybridized carbons (Fsp3) is 0.480. The van der Waals surface area contributed by atoms with Crippen LogP contribution >= 0.6 is 23.1 Å². The highest BCUT2D eigenvalue weighted by Crippen LogP contribution is 2.36. The predicted molar refractivity (Wildman–Crippen MR) is 136 cm³/mol. The Morgan fingerprint density at radius 1 is 1.21 bits per heavy atom. The monoisotopic (exact) mass is 499 g/mol. The molecule has 1 aromatic carbocycles. The molecule has 2 atom stereocenters. The molecule has 2 aliphatic rings. The van der Waals surface area contributed by atoms with Gasteiger partial charge in [0, 0.05) is 18.0 Å². The molecule has 1 aliphatic heterocycles. The first-order valence-electron chi connectivity index (χ1n) is 11.7. The van der Waals surface area contributed by atoms with Crippen molar-refractivity contribution < 1.29 is 14.3 Å². The molecule has 0 radical (unpaired) electrons. The third-order valence-electron chi connectivity index (χ3n) is 6.38. The second-order valence-electron chi connectivity index (χ2n) is 8.94. The summed E-state index contributed by atoms with van der Waals surface area (Å²) in [6.07, 6.45) is 4.17. The number of carbonyl (C=O) groups excluding carboxylic acids is 1. The Kier molecular flexibility index (Phi) is 6.68. The maximum absolute atomic E-state index is 13.9. The predicted octanol–water partition coefficient (Wildman–Crippen LogP) is 4.06. The molecule has 1 fully saturated rings. The molecule has 5 rings (SSSR count). The lowest BCUT2D eigenvalue weighted by atomic mass is 9.97. The standard InChI is InChI=1S/C25H29N3O4S2/c1-15-12-27(13-16(2)32-15)21(29)14-33-25-26-23-22(17-8-4-7-11-20(17)34-23)24(30)28(25)18-9-5-6-10-19(18)31-3/h5-6,9-10,15-16H,4,7-8,11-14H2,1-3H3/t15-,16+. The largest absolute Gasteiger partial charge is 0.495 e. The lowest BCUT2D eigenvalue weighted by Crippen LogP contribution is -2.48. The van der Waals surface area contributed by atoms with Crippen molar-refractivity contribution in [2.75, 3.05) is 26.0 Å². The summed E-state index contributed by atoms with van der Waals surface area (Å²) >= 11 is 2.94. The Morgan fingerprint density at radius 3 is 2.71 bits per heavy atom. The summed E-state index contributed by atoms with van der Waals surface area (Å²) in [6.45, 7) is 5.12. The molecule has 9 heteroatoms. The van der Waals surface area contributed by atoms with E-state index in [9.17, 15) is 9.59 Å². The van der Waals surface area contributed by atoms with Gasteiger partial charge in [0.2, 0.25) is 5.91 Å². The number of thioether (sulfide) groups is 1. The average Bonchev–Trinajstić information content (AvgIpc) is 3.20. The molecule has 3 heterocycles. The van der Waals surface area contributed by atoms with E-state index in [0.29, 0.717) is 29.7 Å². The smallest absolute Gasteiger partial charge is 0.267 e. The number of thiophene rings is 1. The quantitative estimate of drug-likeness (QED) is 0.389. The average molecular weight is 500 g/mol. The van der Waals surface area contributed by atoms with Gasteiger partial charge in [0.05, 0.1) is 36.1 Å². The zero-order valence-corrected chi connectivity index (χ0v) is 21.3. The molecule has 3 aromatic rings. The van der Waals surface area contributed by atoms with E-state index in [2.05, 4.69) is 0 Å². The molecular formula is C25H29N3O4S2. The number of morpholine rings is 1. The lowest BCUT2D eigenvalue weighted by Gasteiger charge is -2.35. The number of methoxy groups -OCH3 is 1. The Labute approximate surface area is 207 Å². The number of para-hydroxylation sites is 2. The molecule has 2 aromatic heterocycles. The summed E-state index contributed by atoms with van der Waals surface area (Å²) in [7, 11) is 1.60. The second-order valence-corrected chi connectivity index (χ2v) is 11.0. The van der Waals surface area contributed by atoms with Gasteiger partial charge >= 0.3 is 0 Å². The van der Waals surface area contributed by atoms with E-state index < -0.39 is 0 Å². The molecule has 0 saturated carbocycles. The van der Waals surface area contributed by atoms with Crippen molar-refractivity contribution in [1.29, 1.82) is 0 Å². The molecule has 1 aliphatic carbocycles. The molecule has 0 bridgehead atoms. The van der Waals surface area contributed by atoms with Crippen molar-refractivity contribution in [3.05, 3.63) is 45.1 Å². The number of carbonyl (C=O) groups is 1. The first-order chi connectivity index (χ1) is 16.5. The minimum Gasteiger partial charge on any atom is -0.495 e. The highest BCUT2D eigenvalue weighted by atomic mass is 32.2. The van der Waals surface area contributed by atoms with Crippen LogP contribution in [-0.2, 0) is 22.4 Å². The molecule has 0 spiro atoms. The zero-order chi connectivity index (χ0) is 23.8. The van der Waals surface area contributed by atoms with Crippen LogP contribution in [0.15, 0.2) is 34.2 Å². The van der Waals surface area contributed by atoms with Crippen molar-refractivity contribution in [3.8, 4) is 11.4 Å². The molecule has 7 nitrogen and oxygen atoms in total. The van der Waals surface area contributed by atoms with Gasteiger partial charge in [-0.05, 0) is 57.2 Å². The highest BCUT2D eigenvalue weighted by molar-refractivity contribution is 7.99. The summed E-state index contributed by atoms with van der Waals surface area (Å²) in [6, 6.07) is 7.46. The van der Waals surface area contributed by atoms with Crippen LogP contribution in [0.1, 0.15) is 37.1 Å². The summed E-state index contributed by atoms with van der Waals surface area (Å²) in [5.74, 6) is 0.828. The number of fused-ring (bicyclic) bond motifs is 3. The number of hydrogen-bond donors (Lipinski definition) is 0. The van der Waals surface area contributed by atoms with Gasteiger partial charge in [0.15, 0.2) is 5.16 Å². The highest BCUT2D eigenvalue weighted by Gasteiger charge is 2.28. The van der Waals surface area contributed by atoms with Gasteiger partial charge < -0.3 is 14.4 Å². The van der Waals surface area contributed by atoms with Gasteiger partial charge in [-0.2, -0.15) is 0 Å². The van der Waals surface area contributed by atoms with Crippen LogP contribution in [0, 0.1) is 0 Å². The molecule has 0 unspecified atom stereocenters. The van der Waals surface area contributed by atoms with Crippen molar-refractivity contribution in [1.82, 2.24) is 14.5 Å². The van der Waals surface area contributed by atoms with Gasteiger partial charge in [-0.15, -0.1) is 11.3 Å². The number of aryl methyl sites for hydroxylation is 2. The fourth-order valence-electron chi connectivity index (χ4n) is 4.91. The van der Waals surface area contributed by atoms with Crippen molar-refractivity contribution >= 4 is 39.2 Å². The van der Waals surface area contributed by atoms with Crippen LogP contribution in [0.2, 0.25) is 0 Å². The summed E-state index contributed by atoms with van der Waals surface area (Å²) < 4.78 is 13.0. The van der Waals surface area contributed by atoms with E-state index in [0.717, 1.165) is 41.5 Å². The van der Waals surface area contributed by atoms with Crippen LogP contribution in [0.25, 0.3) is 15.9 Å². The Bertz CT molecular complexity index is 1280. The van der Waals surface area contributed by atoms with Crippen LogP contribution in [0.5, 0.6) is 5.75 Å². The maximum atomic E-state index is 13.9. The molecule has 0 N–H and O–H groups in total. The van der Waals surface area contributed by atoms with E-state index in [1.54, 1.807) is 23.0 Å². The number of amides is 1. The van der Waals surface area contributed by atoms with Crippen LogP contribution < -0.4 is 10.3 Å². The van der Waals surface area contributed by atoms with Crippen LogP contribution in [0.4, 0.5) is 0 Å². The Balaban J connectivity index is 1.56. The molecule has 1 amide bonds. The number of aromatic nitrogens is 2. The number of hydrogen-bond acceptors (Lipinski definition) is 7. The Morgan fingerprint density at radius 2 is 1.94 bits per heavy atom. The van der Waals surface area contributed by atoms with Crippen molar-refractivity contribution in [2.45, 2.75) is 56.9 Å². The van der Waals surface area contributed by atoms with Crippen molar-refractivity contribution in [3.63, 3.8) is 0 Å². The van der Waals surface area contributed by atoms with Gasteiger partial charge in [0.25, 0.3) is 5.56 Å². The normalized spacial score (nSPS) is 20.4. The van der Waals surface area contributed by atoms with E-state index in [1.165, 1.54) is 16.6 Å². The minimum absolute atomic E-state index is 0.0105.